The summed E-state index contributed by atoms with van der Waals surface area (Å²) in [5.41, 5.74) is 5.96. The minimum absolute atomic E-state index is 0.223. The molecule has 0 atom stereocenters. The van der Waals surface area contributed by atoms with Crippen molar-refractivity contribution in [3.8, 4) is 5.88 Å². The van der Waals surface area contributed by atoms with Crippen LogP contribution in [0.2, 0.25) is 0 Å². The maximum atomic E-state index is 5.53. The highest BCUT2D eigenvalue weighted by Crippen LogP contribution is 2.05. The molecule has 2 N–H and O–H groups in total. The Balaban J connectivity index is 1.78. The summed E-state index contributed by atoms with van der Waals surface area (Å²) in [6.07, 6.45) is 3.08. The lowest BCUT2D eigenvalue weighted by Crippen LogP contribution is -2.38. The molecule has 0 amide bonds. The van der Waals surface area contributed by atoms with Crippen LogP contribution >= 0.6 is 12.2 Å². The van der Waals surface area contributed by atoms with Gasteiger partial charge in [-0.05, 0) is 0 Å². The Hall–Kier alpha value is -1.31. The van der Waals surface area contributed by atoms with Crippen molar-refractivity contribution in [1.82, 2.24) is 14.9 Å². The van der Waals surface area contributed by atoms with E-state index in [4.69, 9.17) is 27.4 Å². The molecule has 0 unspecified atom stereocenters. The number of thiocarbonyl (C=S) groups is 1. The van der Waals surface area contributed by atoms with Gasteiger partial charge in [0.05, 0.1) is 25.6 Å². The molecule has 7 heteroatoms. The van der Waals surface area contributed by atoms with E-state index in [1.807, 2.05) is 0 Å². The molecule has 6 nitrogen and oxygen atoms in total. The van der Waals surface area contributed by atoms with Gasteiger partial charge in [-0.1, -0.05) is 12.2 Å². The first-order chi connectivity index (χ1) is 8.75. The van der Waals surface area contributed by atoms with Gasteiger partial charge in [0.2, 0.25) is 5.88 Å². The Labute approximate surface area is 111 Å². The van der Waals surface area contributed by atoms with E-state index in [0.717, 1.165) is 32.8 Å². The third kappa shape index (κ3) is 3.86. The topological polar surface area (TPSA) is 73.5 Å². The van der Waals surface area contributed by atoms with Crippen molar-refractivity contribution in [2.75, 3.05) is 39.5 Å². The van der Waals surface area contributed by atoms with Crippen molar-refractivity contribution < 1.29 is 9.47 Å². The van der Waals surface area contributed by atoms with Crippen LogP contribution in [-0.2, 0) is 4.74 Å². The summed E-state index contributed by atoms with van der Waals surface area (Å²) in [4.78, 5) is 10.7. The molecular weight excluding hydrogens is 252 g/mol. The Morgan fingerprint density at radius 2 is 2.22 bits per heavy atom. The van der Waals surface area contributed by atoms with E-state index < -0.39 is 0 Å². The lowest BCUT2D eigenvalue weighted by Gasteiger charge is -2.26. The molecule has 18 heavy (non-hydrogen) atoms. The van der Waals surface area contributed by atoms with Crippen molar-refractivity contribution in [3.05, 3.63) is 18.1 Å². The highest BCUT2D eigenvalue weighted by atomic mass is 32.1. The third-order valence-corrected chi connectivity index (χ3v) is 2.84. The summed E-state index contributed by atoms with van der Waals surface area (Å²) in [5, 5.41) is 0. The summed E-state index contributed by atoms with van der Waals surface area (Å²) in [5.74, 6) is 0.452. The molecule has 2 rings (SSSR count). The first-order valence-electron chi connectivity index (χ1n) is 5.80. The van der Waals surface area contributed by atoms with Gasteiger partial charge in [-0.3, -0.25) is 9.88 Å². The number of nitrogens with two attached hydrogens (primary N) is 1. The summed E-state index contributed by atoms with van der Waals surface area (Å²) >= 11 is 4.83. The highest BCUT2D eigenvalue weighted by molar-refractivity contribution is 7.80. The molecular formula is C11H16N4O2S. The molecule has 0 bridgehead atoms. The van der Waals surface area contributed by atoms with Gasteiger partial charge in [0.25, 0.3) is 0 Å². The average Bonchev–Trinajstić information content (AvgIpc) is 2.40. The average molecular weight is 268 g/mol. The predicted molar refractivity (Wildman–Crippen MR) is 70.7 cm³/mol. The fraction of sp³-hybridized carbons (Fsp3) is 0.545. The standard InChI is InChI=1S/C11H16N4O2S/c12-11(18)9-7-13-8-10(14-9)17-6-3-15-1-4-16-5-2-15/h7-8H,1-6H2,(H2,12,18). The number of ether oxygens (including phenoxy) is 2. The number of nitrogens with zero attached hydrogens (tertiary/aromatic N) is 3. The molecule has 2 heterocycles. The van der Waals surface area contributed by atoms with Crippen LogP contribution in [0, 0.1) is 0 Å². The summed E-state index contributed by atoms with van der Waals surface area (Å²) < 4.78 is 10.8. The molecule has 1 aliphatic heterocycles. The van der Waals surface area contributed by atoms with Gasteiger partial charge >= 0.3 is 0 Å². The maximum absolute atomic E-state index is 5.53. The van der Waals surface area contributed by atoms with E-state index in [1.165, 1.54) is 6.20 Å². The molecule has 1 saturated heterocycles. The molecule has 0 aromatic carbocycles. The minimum atomic E-state index is 0.223. The van der Waals surface area contributed by atoms with E-state index >= 15 is 0 Å². The van der Waals surface area contributed by atoms with Crippen molar-refractivity contribution in [1.29, 1.82) is 0 Å². The zero-order chi connectivity index (χ0) is 12.8. The van der Waals surface area contributed by atoms with Crippen LogP contribution in [-0.4, -0.2) is 59.3 Å². The van der Waals surface area contributed by atoms with Gasteiger partial charge in [-0.2, -0.15) is 0 Å². The molecule has 98 valence electrons. The molecule has 0 radical (unpaired) electrons. The Morgan fingerprint density at radius 1 is 1.44 bits per heavy atom. The van der Waals surface area contributed by atoms with Crippen LogP contribution in [0.3, 0.4) is 0 Å². The third-order valence-electron chi connectivity index (χ3n) is 2.63. The number of morpholine rings is 1. The normalized spacial score (nSPS) is 16.4. The Bertz CT molecular complexity index is 410. The van der Waals surface area contributed by atoms with Crippen LogP contribution in [0.25, 0.3) is 0 Å². The quantitative estimate of drug-likeness (QED) is 0.743. The van der Waals surface area contributed by atoms with Gasteiger partial charge in [0, 0.05) is 19.6 Å². The smallest absolute Gasteiger partial charge is 0.232 e. The monoisotopic (exact) mass is 268 g/mol. The van der Waals surface area contributed by atoms with Gasteiger partial charge in [0.1, 0.15) is 17.3 Å². The van der Waals surface area contributed by atoms with E-state index in [2.05, 4.69) is 14.9 Å². The second kappa shape index (κ2) is 6.58. The molecule has 1 aromatic rings. The lowest BCUT2D eigenvalue weighted by molar-refractivity contribution is 0.0320. The molecule has 1 fully saturated rings. The van der Waals surface area contributed by atoms with Gasteiger partial charge in [-0.15, -0.1) is 0 Å². The van der Waals surface area contributed by atoms with Crippen LogP contribution in [0.1, 0.15) is 5.69 Å². The summed E-state index contributed by atoms with van der Waals surface area (Å²) in [6, 6.07) is 0. The maximum Gasteiger partial charge on any atom is 0.232 e. The van der Waals surface area contributed by atoms with Gasteiger partial charge in [-0.25, -0.2) is 4.98 Å². The number of hydrogen-bond acceptors (Lipinski definition) is 6. The highest BCUT2D eigenvalue weighted by Gasteiger charge is 2.10. The number of rotatable bonds is 5. The Morgan fingerprint density at radius 3 is 2.94 bits per heavy atom. The Kier molecular flexibility index (Phi) is 4.80. The molecule has 1 aromatic heterocycles. The molecule has 0 saturated carbocycles. The second-order valence-electron chi connectivity index (χ2n) is 3.91. The minimum Gasteiger partial charge on any atom is -0.475 e. The predicted octanol–water partition coefficient (Wildman–Crippen LogP) is -0.178. The zero-order valence-electron chi connectivity index (χ0n) is 10.0. The van der Waals surface area contributed by atoms with Crippen LogP contribution < -0.4 is 10.5 Å². The van der Waals surface area contributed by atoms with Crippen molar-refractivity contribution in [2.24, 2.45) is 5.73 Å². The molecule has 1 aliphatic rings. The van der Waals surface area contributed by atoms with Crippen LogP contribution in [0.15, 0.2) is 12.4 Å². The van der Waals surface area contributed by atoms with Crippen molar-refractivity contribution in [3.63, 3.8) is 0 Å². The number of hydrogen-bond donors (Lipinski definition) is 1. The molecule has 0 aliphatic carbocycles. The summed E-state index contributed by atoms with van der Waals surface area (Å²) in [7, 11) is 0. The van der Waals surface area contributed by atoms with E-state index in [0.29, 0.717) is 18.2 Å². The van der Waals surface area contributed by atoms with E-state index in [-0.39, 0.29) is 4.99 Å². The number of aromatic nitrogens is 2. The SMILES string of the molecule is NC(=S)c1cncc(OCCN2CCOCC2)n1. The first-order valence-corrected chi connectivity index (χ1v) is 6.21. The zero-order valence-corrected chi connectivity index (χ0v) is 10.9. The van der Waals surface area contributed by atoms with Gasteiger partial charge < -0.3 is 15.2 Å². The van der Waals surface area contributed by atoms with E-state index in [1.54, 1.807) is 6.20 Å². The second-order valence-corrected chi connectivity index (χ2v) is 4.35. The van der Waals surface area contributed by atoms with Crippen LogP contribution in [0.5, 0.6) is 5.88 Å². The largest absolute Gasteiger partial charge is 0.475 e. The summed E-state index contributed by atoms with van der Waals surface area (Å²) in [6.45, 7) is 4.88. The molecule has 0 spiro atoms. The lowest BCUT2D eigenvalue weighted by atomic mass is 10.4. The first kappa shape index (κ1) is 13.1. The van der Waals surface area contributed by atoms with Crippen molar-refractivity contribution in [2.45, 2.75) is 0 Å². The van der Waals surface area contributed by atoms with Crippen LogP contribution in [0.4, 0.5) is 0 Å². The fourth-order valence-electron chi connectivity index (χ4n) is 1.64. The van der Waals surface area contributed by atoms with Gasteiger partial charge in [0.15, 0.2) is 0 Å². The fourth-order valence-corrected chi connectivity index (χ4v) is 1.74. The van der Waals surface area contributed by atoms with E-state index in [9.17, 15) is 0 Å². The van der Waals surface area contributed by atoms with Crippen molar-refractivity contribution >= 4 is 17.2 Å².